The Balaban J connectivity index is 2.51. The number of aldehydes is 1. The normalized spacial score (nSPS) is 10.2. The van der Waals surface area contributed by atoms with Crippen LogP contribution in [-0.4, -0.2) is 25.5 Å². The molecular formula is C13H13NO3S. The molecule has 4 nitrogen and oxygen atoms in total. The Labute approximate surface area is 109 Å². The smallest absolute Gasteiger partial charge is 0.169 e. The maximum Gasteiger partial charge on any atom is 0.169 e. The fraction of sp³-hybridized carbons (Fsp3) is 0.231. The van der Waals surface area contributed by atoms with Crippen molar-refractivity contribution in [2.24, 2.45) is 0 Å². The molecule has 0 aliphatic rings. The van der Waals surface area contributed by atoms with Gasteiger partial charge in [-0.1, -0.05) is 0 Å². The van der Waals surface area contributed by atoms with Crippen LogP contribution in [-0.2, 0) is 0 Å². The summed E-state index contributed by atoms with van der Waals surface area (Å²) in [6, 6.07) is 5.54. The summed E-state index contributed by atoms with van der Waals surface area (Å²) in [6.07, 6.45) is 0.771. The average Bonchev–Trinajstić information content (AvgIpc) is 2.79. The van der Waals surface area contributed by atoms with Crippen molar-refractivity contribution in [2.45, 2.75) is 6.92 Å². The second-order valence-corrected chi connectivity index (χ2v) is 4.88. The van der Waals surface area contributed by atoms with E-state index in [9.17, 15) is 4.79 Å². The molecular weight excluding hydrogens is 250 g/mol. The molecule has 5 heteroatoms. The molecule has 0 atom stereocenters. The van der Waals surface area contributed by atoms with Gasteiger partial charge in [0, 0.05) is 16.5 Å². The minimum absolute atomic E-state index is 0.483. The Morgan fingerprint density at radius 3 is 2.22 bits per heavy atom. The second kappa shape index (κ2) is 5.18. The number of hydrogen-bond acceptors (Lipinski definition) is 5. The van der Waals surface area contributed by atoms with Gasteiger partial charge in [0.05, 0.1) is 14.2 Å². The number of ether oxygens (including phenoxy) is 2. The number of aromatic nitrogens is 1. The van der Waals surface area contributed by atoms with Gasteiger partial charge in [0.1, 0.15) is 22.2 Å². The third-order valence-corrected chi connectivity index (χ3v) is 3.58. The van der Waals surface area contributed by atoms with Gasteiger partial charge in [-0.2, -0.15) is 0 Å². The molecule has 1 aromatic heterocycles. The van der Waals surface area contributed by atoms with E-state index in [1.54, 1.807) is 20.3 Å². The van der Waals surface area contributed by atoms with Crippen LogP contribution in [0, 0.1) is 6.92 Å². The number of hydrogen-bond donors (Lipinski definition) is 0. The maximum atomic E-state index is 10.8. The number of carbonyl (C=O) groups is 1. The van der Waals surface area contributed by atoms with Crippen LogP contribution in [0.3, 0.4) is 0 Å². The molecule has 0 saturated carbocycles. The number of methoxy groups -OCH3 is 2. The molecule has 94 valence electrons. The van der Waals surface area contributed by atoms with Crippen LogP contribution in [0.25, 0.3) is 10.6 Å². The van der Waals surface area contributed by atoms with Crippen molar-refractivity contribution in [3.8, 4) is 22.1 Å². The summed E-state index contributed by atoms with van der Waals surface area (Å²) in [5.74, 6) is 1.40. The lowest BCUT2D eigenvalue weighted by molar-refractivity contribution is 0.111. The summed E-state index contributed by atoms with van der Waals surface area (Å²) < 4.78 is 10.4. The van der Waals surface area contributed by atoms with Gasteiger partial charge in [-0.05, 0) is 19.1 Å². The molecule has 0 aliphatic heterocycles. The molecule has 0 fully saturated rings. The van der Waals surface area contributed by atoms with Crippen LogP contribution in [0.2, 0.25) is 0 Å². The van der Waals surface area contributed by atoms with E-state index in [1.165, 1.54) is 11.3 Å². The molecule has 0 spiro atoms. The zero-order valence-electron chi connectivity index (χ0n) is 10.4. The Bertz CT molecular complexity index is 555. The van der Waals surface area contributed by atoms with Crippen molar-refractivity contribution in [1.82, 2.24) is 4.98 Å². The average molecular weight is 263 g/mol. The SMILES string of the molecule is COc1cc(OC)cc(-c2nc(C=O)c(C)s2)c1. The molecule has 0 saturated heterocycles. The lowest BCUT2D eigenvalue weighted by atomic mass is 10.2. The first-order valence-electron chi connectivity index (χ1n) is 5.34. The fourth-order valence-corrected chi connectivity index (χ4v) is 2.44. The summed E-state index contributed by atoms with van der Waals surface area (Å²) in [5.41, 5.74) is 1.36. The molecule has 0 aliphatic carbocycles. The van der Waals surface area contributed by atoms with Crippen LogP contribution in [0.15, 0.2) is 18.2 Å². The Morgan fingerprint density at radius 1 is 1.17 bits per heavy atom. The molecule has 2 aromatic rings. The van der Waals surface area contributed by atoms with Gasteiger partial charge in [0.25, 0.3) is 0 Å². The van der Waals surface area contributed by atoms with E-state index in [1.807, 2.05) is 19.1 Å². The fourth-order valence-electron chi connectivity index (χ4n) is 1.57. The first-order valence-corrected chi connectivity index (χ1v) is 6.15. The third kappa shape index (κ3) is 2.36. The van der Waals surface area contributed by atoms with E-state index in [-0.39, 0.29) is 0 Å². The molecule has 18 heavy (non-hydrogen) atoms. The summed E-state index contributed by atoms with van der Waals surface area (Å²) in [4.78, 5) is 16.0. The van der Waals surface area contributed by atoms with Crippen LogP contribution >= 0.6 is 11.3 Å². The molecule has 0 radical (unpaired) electrons. The maximum absolute atomic E-state index is 10.8. The van der Waals surface area contributed by atoms with Gasteiger partial charge in [-0.3, -0.25) is 4.79 Å². The van der Waals surface area contributed by atoms with E-state index in [2.05, 4.69) is 4.98 Å². The molecule has 0 amide bonds. The highest BCUT2D eigenvalue weighted by atomic mass is 32.1. The van der Waals surface area contributed by atoms with Crippen LogP contribution in [0.4, 0.5) is 0 Å². The van der Waals surface area contributed by atoms with Crippen molar-refractivity contribution >= 4 is 17.6 Å². The monoisotopic (exact) mass is 263 g/mol. The number of rotatable bonds is 4. The predicted molar refractivity (Wildman–Crippen MR) is 70.8 cm³/mol. The number of benzene rings is 1. The van der Waals surface area contributed by atoms with Gasteiger partial charge < -0.3 is 9.47 Å². The molecule has 2 rings (SSSR count). The van der Waals surface area contributed by atoms with Gasteiger partial charge in [0.2, 0.25) is 0 Å². The molecule has 0 unspecified atom stereocenters. The van der Waals surface area contributed by atoms with Crippen molar-refractivity contribution < 1.29 is 14.3 Å². The van der Waals surface area contributed by atoms with Crippen molar-refractivity contribution in [1.29, 1.82) is 0 Å². The lowest BCUT2D eigenvalue weighted by Gasteiger charge is -2.06. The predicted octanol–water partition coefficient (Wildman–Crippen LogP) is 2.95. The van der Waals surface area contributed by atoms with Gasteiger partial charge in [-0.15, -0.1) is 11.3 Å². The zero-order valence-corrected chi connectivity index (χ0v) is 11.2. The highest BCUT2D eigenvalue weighted by molar-refractivity contribution is 7.15. The first-order chi connectivity index (χ1) is 8.67. The van der Waals surface area contributed by atoms with Crippen molar-refractivity contribution in [2.75, 3.05) is 14.2 Å². The summed E-state index contributed by atoms with van der Waals surface area (Å²) in [7, 11) is 3.20. The number of thiazole rings is 1. The number of carbonyl (C=O) groups excluding carboxylic acids is 1. The van der Waals surface area contributed by atoms with Gasteiger partial charge >= 0.3 is 0 Å². The first kappa shape index (κ1) is 12.6. The highest BCUT2D eigenvalue weighted by Crippen LogP contribution is 2.32. The van der Waals surface area contributed by atoms with E-state index in [4.69, 9.17) is 9.47 Å². The van der Waals surface area contributed by atoms with Crippen LogP contribution in [0.5, 0.6) is 11.5 Å². The molecule has 0 bridgehead atoms. The number of nitrogens with zero attached hydrogens (tertiary/aromatic N) is 1. The van der Waals surface area contributed by atoms with Gasteiger partial charge in [-0.25, -0.2) is 4.98 Å². The summed E-state index contributed by atoms with van der Waals surface area (Å²) >= 11 is 1.48. The minimum atomic E-state index is 0.483. The summed E-state index contributed by atoms with van der Waals surface area (Å²) in [5, 5.41) is 0.784. The number of aryl methyl sites for hydroxylation is 1. The molecule has 0 N–H and O–H groups in total. The van der Waals surface area contributed by atoms with E-state index in [0.717, 1.165) is 21.7 Å². The van der Waals surface area contributed by atoms with Crippen molar-refractivity contribution in [3.63, 3.8) is 0 Å². The van der Waals surface area contributed by atoms with E-state index < -0.39 is 0 Å². The largest absolute Gasteiger partial charge is 0.497 e. The third-order valence-electron chi connectivity index (χ3n) is 2.54. The lowest BCUT2D eigenvalue weighted by Crippen LogP contribution is -1.89. The Kier molecular flexibility index (Phi) is 3.62. The molecule has 1 aromatic carbocycles. The second-order valence-electron chi connectivity index (χ2n) is 3.68. The van der Waals surface area contributed by atoms with Crippen LogP contribution < -0.4 is 9.47 Å². The van der Waals surface area contributed by atoms with Crippen molar-refractivity contribution in [3.05, 3.63) is 28.8 Å². The topological polar surface area (TPSA) is 48.4 Å². The highest BCUT2D eigenvalue weighted by Gasteiger charge is 2.11. The minimum Gasteiger partial charge on any atom is -0.497 e. The molecule has 1 heterocycles. The Hall–Kier alpha value is -1.88. The van der Waals surface area contributed by atoms with E-state index in [0.29, 0.717) is 17.2 Å². The standard InChI is InChI=1S/C13H13NO3S/c1-8-12(7-15)14-13(18-8)9-4-10(16-2)6-11(5-9)17-3/h4-7H,1-3H3. The quantitative estimate of drug-likeness (QED) is 0.796. The van der Waals surface area contributed by atoms with Crippen LogP contribution in [0.1, 0.15) is 15.4 Å². The van der Waals surface area contributed by atoms with E-state index >= 15 is 0 Å². The summed E-state index contributed by atoms with van der Waals surface area (Å²) in [6.45, 7) is 1.88. The van der Waals surface area contributed by atoms with Gasteiger partial charge in [0.15, 0.2) is 6.29 Å². The Morgan fingerprint density at radius 2 is 1.78 bits per heavy atom. The zero-order chi connectivity index (χ0) is 13.1.